The lowest BCUT2D eigenvalue weighted by atomic mass is 9.89. The minimum Gasteiger partial charge on any atom is -0.379 e. The summed E-state index contributed by atoms with van der Waals surface area (Å²) in [4.78, 5) is 10.3. The Kier molecular flexibility index (Phi) is 7.82. The fraction of sp³-hybridized carbons (Fsp3) is 0.750. The summed E-state index contributed by atoms with van der Waals surface area (Å²) >= 11 is 1.73. The zero-order valence-electron chi connectivity index (χ0n) is 14.7. The minimum atomic E-state index is 0.0877. The predicted octanol–water partition coefficient (Wildman–Crippen LogP) is 2.82. The molecule has 6 heteroatoms. The minimum absolute atomic E-state index is 0.0877. The molecule has 1 heterocycles. The summed E-state index contributed by atoms with van der Waals surface area (Å²) in [6.45, 7) is 12.9. The monoisotopic (exact) mass is 326 g/mol. The maximum Gasteiger partial charge on any atom is 0.191 e. The van der Waals surface area contributed by atoms with Crippen LogP contribution < -0.4 is 10.6 Å². The largest absolute Gasteiger partial charge is 0.379 e. The van der Waals surface area contributed by atoms with E-state index < -0.39 is 0 Å². The van der Waals surface area contributed by atoms with Gasteiger partial charge in [-0.05, 0) is 18.8 Å². The summed E-state index contributed by atoms with van der Waals surface area (Å²) in [5, 5.41) is 7.67. The molecular formula is C16H30N4OS. The average Bonchev–Trinajstić information content (AvgIpc) is 2.91. The van der Waals surface area contributed by atoms with Gasteiger partial charge in [-0.3, -0.25) is 0 Å². The molecule has 0 spiro atoms. The molecule has 5 nitrogen and oxygen atoms in total. The van der Waals surface area contributed by atoms with Gasteiger partial charge in [-0.25, -0.2) is 9.98 Å². The van der Waals surface area contributed by atoms with Crippen LogP contribution in [0.25, 0.3) is 0 Å². The van der Waals surface area contributed by atoms with Crippen LogP contribution >= 0.6 is 11.3 Å². The first-order valence-corrected chi connectivity index (χ1v) is 8.70. The van der Waals surface area contributed by atoms with Gasteiger partial charge in [0, 0.05) is 31.3 Å². The smallest absolute Gasteiger partial charge is 0.191 e. The van der Waals surface area contributed by atoms with Crippen LogP contribution in [0.15, 0.2) is 11.2 Å². The molecule has 126 valence electrons. The van der Waals surface area contributed by atoms with Gasteiger partial charge in [-0.1, -0.05) is 27.7 Å². The number of rotatable bonds is 7. The highest BCUT2D eigenvalue weighted by atomic mass is 32.1. The molecular weight excluding hydrogens is 296 g/mol. The van der Waals surface area contributed by atoms with Gasteiger partial charge < -0.3 is 15.4 Å². The number of hydrogen-bond donors (Lipinski definition) is 2. The molecule has 1 atom stereocenters. The third-order valence-corrected chi connectivity index (χ3v) is 4.50. The number of methoxy groups -OCH3 is 1. The van der Waals surface area contributed by atoms with Gasteiger partial charge in [-0.2, -0.15) is 0 Å². The van der Waals surface area contributed by atoms with Crippen LogP contribution in [0, 0.1) is 5.41 Å². The first kappa shape index (κ1) is 18.9. The molecule has 1 unspecified atom stereocenters. The Bertz CT molecular complexity index is 465. The topological polar surface area (TPSA) is 58.5 Å². The average molecular weight is 327 g/mol. The van der Waals surface area contributed by atoms with Crippen molar-refractivity contribution < 1.29 is 4.74 Å². The van der Waals surface area contributed by atoms with Crippen molar-refractivity contribution >= 4 is 17.3 Å². The summed E-state index contributed by atoms with van der Waals surface area (Å²) in [7, 11) is 1.75. The van der Waals surface area contributed by atoms with Crippen molar-refractivity contribution in [1.82, 2.24) is 15.6 Å². The molecule has 0 saturated carbocycles. The molecule has 0 radical (unpaired) electrons. The first-order valence-electron chi connectivity index (χ1n) is 7.89. The highest BCUT2D eigenvalue weighted by molar-refractivity contribution is 7.11. The molecule has 2 N–H and O–H groups in total. The van der Waals surface area contributed by atoms with E-state index in [-0.39, 0.29) is 11.5 Å². The number of ether oxygens (including phenoxy) is 1. The van der Waals surface area contributed by atoms with Crippen LogP contribution in [0.3, 0.4) is 0 Å². The van der Waals surface area contributed by atoms with E-state index in [9.17, 15) is 0 Å². The Hall–Kier alpha value is -1.14. The van der Waals surface area contributed by atoms with Gasteiger partial charge in [0.15, 0.2) is 5.96 Å². The van der Waals surface area contributed by atoms with E-state index in [2.05, 4.69) is 55.2 Å². The number of hydrogen-bond acceptors (Lipinski definition) is 4. The van der Waals surface area contributed by atoms with Gasteiger partial charge in [0.1, 0.15) is 5.01 Å². The lowest BCUT2D eigenvalue weighted by molar-refractivity contribution is 0.0205. The third-order valence-electron chi connectivity index (χ3n) is 3.37. The number of thiazole rings is 1. The molecule has 0 aromatic carbocycles. The quantitative estimate of drug-likeness (QED) is 0.597. The highest BCUT2D eigenvalue weighted by Crippen LogP contribution is 2.21. The van der Waals surface area contributed by atoms with E-state index in [0.717, 1.165) is 30.5 Å². The van der Waals surface area contributed by atoms with E-state index in [1.807, 2.05) is 6.20 Å². The lowest BCUT2D eigenvalue weighted by Gasteiger charge is -2.30. The Labute approximate surface area is 138 Å². The van der Waals surface area contributed by atoms with E-state index in [0.29, 0.717) is 6.54 Å². The van der Waals surface area contributed by atoms with Crippen molar-refractivity contribution in [3.05, 3.63) is 16.1 Å². The number of guanidine groups is 1. The summed E-state index contributed by atoms with van der Waals surface area (Å²) < 4.78 is 5.57. The molecule has 1 aromatic rings. The molecule has 0 saturated heterocycles. The van der Waals surface area contributed by atoms with Crippen molar-refractivity contribution in [2.24, 2.45) is 10.4 Å². The zero-order valence-corrected chi connectivity index (χ0v) is 15.5. The number of nitrogens with zero attached hydrogens (tertiary/aromatic N) is 2. The summed E-state index contributed by atoms with van der Waals surface area (Å²) in [5.74, 6) is 0.807. The molecule has 0 bridgehead atoms. The zero-order chi connectivity index (χ0) is 16.6. The Morgan fingerprint density at radius 3 is 2.59 bits per heavy atom. The van der Waals surface area contributed by atoms with Gasteiger partial charge >= 0.3 is 0 Å². The fourth-order valence-electron chi connectivity index (χ4n) is 2.01. The van der Waals surface area contributed by atoms with Crippen LogP contribution in [0.2, 0.25) is 0 Å². The fourth-order valence-corrected chi connectivity index (χ4v) is 2.79. The van der Waals surface area contributed by atoms with Gasteiger partial charge in [0.05, 0.1) is 12.6 Å². The van der Waals surface area contributed by atoms with Gasteiger partial charge in [0.2, 0.25) is 0 Å². The Morgan fingerprint density at radius 2 is 2.09 bits per heavy atom. The van der Waals surface area contributed by atoms with Crippen molar-refractivity contribution in [1.29, 1.82) is 0 Å². The molecule has 0 aliphatic carbocycles. The Balaban J connectivity index is 2.61. The number of aliphatic imine (C=N–C) groups is 1. The lowest BCUT2D eigenvalue weighted by Crippen LogP contribution is -2.45. The van der Waals surface area contributed by atoms with E-state index >= 15 is 0 Å². The molecule has 0 aliphatic heterocycles. The third kappa shape index (κ3) is 6.32. The standard InChI is InChI=1S/C16H30N4OS/c1-7-12-9-18-14(22-12)11-20-15(17-8-2)19-10-13(21-6)16(3,4)5/h9,13H,7-8,10-11H2,1-6H3,(H2,17,19,20). The van der Waals surface area contributed by atoms with Crippen LogP contribution in [0.1, 0.15) is 44.5 Å². The maximum absolute atomic E-state index is 5.57. The van der Waals surface area contributed by atoms with Crippen molar-refractivity contribution in [2.75, 3.05) is 20.2 Å². The molecule has 0 fully saturated rings. The second-order valence-corrected chi connectivity index (χ2v) is 7.44. The summed E-state index contributed by atoms with van der Waals surface area (Å²) in [6.07, 6.45) is 3.10. The molecule has 0 amide bonds. The van der Waals surface area contributed by atoms with Crippen molar-refractivity contribution in [3.8, 4) is 0 Å². The molecule has 0 aliphatic rings. The van der Waals surface area contributed by atoms with Crippen LogP contribution in [-0.4, -0.2) is 37.2 Å². The Morgan fingerprint density at radius 1 is 1.36 bits per heavy atom. The second kappa shape index (κ2) is 9.10. The molecule has 1 aromatic heterocycles. The SMILES string of the molecule is CCNC(=NCc1ncc(CC)s1)NCC(OC)C(C)(C)C. The number of aromatic nitrogens is 1. The van der Waals surface area contributed by atoms with Crippen molar-refractivity contribution in [3.63, 3.8) is 0 Å². The number of aryl methyl sites for hydroxylation is 1. The van der Waals surface area contributed by atoms with E-state index in [1.54, 1.807) is 18.4 Å². The van der Waals surface area contributed by atoms with Crippen LogP contribution in [-0.2, 0) is 17.7 Å². The van der Waals surface area contributed by atoms with Crippen molar-refractivity contribution in [2.45, 2.75) is 53.7 Å². The molecule has 22 heavy (non-hydrogen) atoms. The highest BCUT2D eigenvalue weighted by Gasteiger charge is 2.24. The van der Waals surface area contributed by atoms with Crippen LogP contribution in [0.4, 0.5) is 0 Å². The first-order chi connectivity index (χ1) is 10.4. The predicted molar refractivity (Wildman–Crippen MR) is 94.6 cm³/mol. The second-order valence-electron chi connectivity index (χ2n) is 6.24. The summed E-state index contributed by atoms with van der Waals surface area (Å²) in [5.41, 5.74) is 0.0877. The van der Waals surface area contributed by atoms with Gasteiger partial charge in [0.25, 0.3) is 0 Å². The maximum atomic E-state index is 5.57. The summed E-state index contributed by atoms with van der Waals surface area (Å²) in [6, 6.07) is 0. The normalized spacial score (nSPS) is 14.0. The molecule has 1 rings (SSSR count). The number of nitrogens with one attached hydrogen (secondary N) is 2. The van der Waals surface area contributed by atoms with E-state index in [1.165, 1.54) is 4.88 Å². The van der Waals surface area contributed by atoms with Gasteiger partial charge in [-0.15, -0.1) is 11.3 Å². The van der Waals surface area contributed by atoms with E-state index in [4.69, 9.17) is 4.74 Å². The van der Waals surface area contributed by atoms with Crippen LogP contribution in [0.5, 0.6) is 0 Å².